The summed E-state index contributed by atoms with van der Waals surface area (Å²) in [5.74, 6) is 0. The van der Waals surface area contributed by atoms with Crippen molar-refractivity contribution in [2.24, 2.45) is 0 Å². The second kappa shape index (κ2) is 5.79. The van der Waals surface area contributed by atoms with Crippen molar-refractivity contribution in [2.75, 3.05) is 0 Å². The van der Waals surface area contributed by atoms with Crippen molar-refractivity contribution in [1.82, 2.24) is 25.1 Å². The van der Waals surface area contributed by atoms with Crippen LogP contribution in [0.4, 0.5) is 0 Å². The van der Waals surface area contributed by atoms with Crippen molar-refractivity contribution in [3.8, 4) is 0 Å². The first kappa shape index (κ1) is 12.1. The third kappa shape index (κ3) is 2.72. The highest BCUT2D eigenvalue weighted by Crippen LogP contribution is 2.08. The van der Waals surface area contributed by atoms with Crippen LogP contribution < -0.4 is 0 Å². The molecule has 0 aliphatic rings. The fourth-order valence-electron chi connectivity index (χ4n) is 1.76. The lowest BCUT2D eigenvalue weighted by Crippen LogP contribution is -1.80. The van der Waals surface area contributed by atoms with E-state index < -0.39 is 0 Å². The minimum absolute atomic E-state index is 0.887. The lowest BCUT2D eigenvalue weighted by Gasteiger charge is -1.90. The first-order chi connectivity index (χ1) is 9.93. The van der Waals surface area contributed by atoms with Gasteiger partial charge in [0.15, 0.2) is 0 Å². The molecule has 0 radical (unpaired) electrons. The molecule has 0 unspecified atom stereocenters. The summed E-state index contributed by atoms with van der Waals surface area (Å²) < 4.78 is 0. The van der Waals surface area contributed by atoms with E-state index in [-0.39, 0.29) is 0 Å². The highest BCUT2D eigenvalue weighted by molar-refractivity contribution is 5.80. The van der Waals surface area contributed by atoms with Gasteiger partial charge in [-0.15, -0.1) is 0 Å². The molecular formula is C15H11N5. The van der Waals surface area contributed by atoms with E-state index in [1.165, 1.54) is 6.33 Å². The number of nitrogens with zero attached hydrogens (tertiary/aromatic N) is 5. The molecular weight excluding hydrogens is 250 g/mol. The fourth-order valence-corrected chi connectivity index (χ4v) is 1.76. The summed E-state index contributed by atoms with van der Waals surface area (Å²) in [6, 6.07) is 9.90. The van der Waals surface area contributed by atoms with Gasteiger partial charge in [-0.1, -0.05) is 24.3 Å². The SMILES string of the molecule is c1cc2cncnc2cn1.c1ccc2cnncc2c1. The van der Waals surface area contributed by atoms with Crippen molar-refractivity contribution in [3.05, 3.63) is 67.6 Å². The Hall–Kier alpha value is -2.95. The Morgan fingerprint density at radius 1 is 0.650 bits per heavy atom. The molecule has 0 bridgehead atoms. The molecule has 1 aromatic carbocycles. The molecule has 4 aromatic rings. The van der Waals surface area contributed by atoms with Crippen LogP contribution in [0.25, 0.3) is 21.7 Å². The van der Waals surface area contributed by atoms with E-state index in [0.717, 1.165) is 21.7 Å². The molecule has 0 aliphatic carbocycles. The van der Waals surface area contributed by atoms with Crippen LogP contribution in [0.5, 0.6) is 0 Å². The Morgan fingerprint density at radius 2 is 1.40 bits per heavy atom. The molecule has 3 aromatic heterocycles. The van der Waals surface area contributed by atoms with Gasteiger partial charge in [0.25, 0.3) is 0 Å². The fraction of sp³-hybridized carbons (Fsp3) is 0. The van der Waals surface area contributed by atoms with Gasteiger partial charge in [-0.2, -0.15) is 10.2 Å². The van der Waals surface area contributed by atoms with Crippen LogP contribution in [-0.2, 0) is 0 Å². The molecule has 5 heteroatoms. The molecule has 5 nitrogen and oxygen atoms in total. The van der Waals surface area contributed by atoms with Gasteiger partial charge in [0.05, 0.1) is 24.1 Å². The van der Waals surface area contributed by atoms with Gasteiger partial charge >= 0.3 is 0 Å². The first-order valence-corrected chi connectivity index (χ1v) is 6.09. The van der Waals surface area contributed by atoms with Crippen molar-refractivity contribution in [3.63, 3.8) is 0 Å². The summed E-state index contributed by atoms with van der Waals surface area (Å²) in [4.78, 5) is 11.8. The van der Waals surface area contributed by atoms with Crippen molar-refractivity contribution >= 4 is 21.7 Å². The van der Waals surface area contributed by atoms with E-state index in [9.17, 15) is 0 Å². The summed E-state index contributed by atoms with van der Waals surface area (Å²) in [5, 5.41) is 10.8. The number of rotatable bonds is 0. The number of pyridine rings is 1. The molecule has 3 heterocycles. The highest BCUT2D eigenvalue weighted by atomic mass is 15.1. The van der Waals surface area contributed by atoms with E-state index >= 15 is 0 Å². The van der Waals surface area contributed by atoms with Gasteiger partial charge < -0.3 is 0 Å². The van der Waals surface area contributed by atoms with Gasteiger partial charge in [0, 0.05) is 28.6 Å². The molecule has 0 atom stereocenters. The predicted octanol–water partition coefficient (Wildman–Crippen LogP) is 2.65. The Kier molecular flexibility index (Phi) is 3.51. The zero-order chi connectivity index (χ0) is 13.6. The average molecular weight is 261 g/mol. The monoisotopic (exact) mass is 261 g/mol. The summed E-state index contributed by atoms with van der Waals surface area (Å²) in [5.41, 5.74) is 0.887. The molecule has 4 rings (SSSR count). The molecule has 0 N–H and O–H groups in total. The topological polar surface area (TPSA) is 64.5 Å². The zero-order valence-electron chi connectivity index (χ0n) is 10.6. The molecule has 0 amide bonds. The maximum absolute atomic E-state index is 4.01. The maximum atomic E-state index is 4.01. The van der Waals surface area contributed by atoms with Gasteiger partial charge in [0.1, 0.15) is 6.33 Å². The van der Waals surface area contributed by atoms with Crippen LogP contribution in [0.15, 0.2) is 67.6 Å². The average Bonchev–Trinajstić information content (AvgIpc) is 2.56. The van der Waals surface area contributed by atoms with Crippen LogP contribution in [0.1, 0.15) is 0 Å². The first-order valence-electron chi connectivity index (χ1n) is 6.09. The standard InChI is InChI=1S/C8H6N2.C7H5N3/c1-2-4-8-6-10-9-5-7(8)3-1;1-2-8-4-7-6(1)3-9-5-10-7/h1-6H;1-5H. The van der Waals surface area contributed by atoms with E-state index in [1.807, 2.05) is 30.3 Å². The normalized spacial score (nSPS) is 10.0. The number of hydrogen-bond donors (Lipinski definition) is 0. The van der Waals surface area contributed by atoms with Crippen LogP contribution in [0.2, 0.25) is 0 Å². The van der Waals surface area contributed by atoms with E-state index in [1.54, 1.807) is 31.0 Å². The number of fused-ring (bicyclic) bond motifs is 2. The lowest BCUT2D eigenvalue weighted by molar-refractivity contribution is 1.05. The van der Waals surface area contributed by atoms with Crippen LogP contribution in [0, 0.1) is 0 Å². The lowest BCUT2D eigenvalue weighted by atomic mass is 10.2. The maximum Gasteiger partial charge on any atom is 0.116 e. The van der Waals surface area contributed by atoms with Crippen LogP contribution in [0.3, 0.4) is 0 Å². The van der Waals surface area contributed by atoms with Gasteiger partial charge in [-0.25, -0.2) is 9.97 Å². The Balaban J connectivity index is 0.000000121. The van der Waals surface area contributed by atoms with E-state index in [4.69, 9.17) is 0 Å². The van der Waals surface area contributed by atoms with Gasteiger partial charge in [-0.3, -0.25) is 4.98 Å². The number of aromatic nitrogens is 5. The van der Waals surface area contributed by atoms with Crippen molar-refractivity contribution in [1.29, 1.82) is 0 Å². The summed E-state index contributed by atoms with van der Waals surface area (Å²) in [6.45, 7) is 0. The summed E-state index contributed by atoms with van der Waals surface area (Å²) >= 11 is 0. The Bertz CT molecular complexity index is 630. The largest absolute Gasteiger partial charge is 0.262 e. The summed E-state index contributed by atoms with van der Waals surface area (Å²) in [6.07, 6.45) is 10.3. The van der Waals surface area contributed by atoms with Crippen LogP contribution in [-0.4, -0.2) is 25.1 Å². The van der Waals surface area contributed by atoms with E-state index in [2.05, 4.69) is 25.1 Å². The van der Waals surface area contributed by atoms with Crippen molar-refractivity contribution < 1.29 is 0 Å². The Labute approximate surface area is 115 Å². The molecule has 0 saturated heterocycles. The smallest absolute Gasteiger partial charge is 0.116 e. The predicted molar refractivity (Wildman–Crippen MR) is 76.9 cm³/mol. The van der Waals surface area contributed by atoms with E-state index in [0.29, 0.717) is 0 Å². The second-order valence-electron chi connectivity index (χ2n) is 4.08. The summed E-state index contributed by atoms with van der Waals surface area (Å²) in [7, 11) is 0. The minimum atomic E-state index is 0.887. The minimum Gasteiger partial charge on any atom is -0.262 e. The van der Waals surface area contributed by atoms with Crippen molar-refractivity contribution in [2.45, 2.75) is 0 Å². The third-order valence-corrected chi connectivity index (χ3v) is 2.77. The molecule has 20 heavy (non-hydrogen) atoms. The third-order valence-electron chi connectivity index (χ3n) is 2.77. The molecule has 0 saturated carbocycles. The quantitative estimate of drug-likeness (QED) is 0.487. The number of hydrogen-bond acceptors (Lipinski definition) is 5. The Morgan fingerprint density at radius 3 is 2.10 bits per heavy atom. The molecule has 0 aliphatic heterocycles. The second-order valence-corrected chi connectivity index (χ2v) is 4.08. The van der Waals surface area contributed by atoms with Gasteiger partial charge in [0.2, 0.25) is 0 Å². The number of benzene rings is 1. The highest BCUT2D eigenvalue weighted by Gasteiger charge is 1.89. The van der Waals surface area contributed by atoms with Crippen LogP contribution >= 0.6 is 0 Å². The molecule has 0 fully saturated rings. The zero-order valence-corrected chi connectivity index (χ0v) is 10.6. The van der Waals surface area contributed by atoms with Gasteiger partial charge in [-0.05, 0) is 6.07 Å². The molecule has 96 valence electrons. The molecule has 0 spiro atoms.